The highest BCUT2D eigenvalue weighted by Gasteiger charge is 2.37. The minimum Gasteiger partial charge on any atom is -0.293 e. The number of benzene rings is 2. The fraction of sp³-hybridized carbons (Fsp3) is 0.188. The highest BCUT2D eigenvalue weighted by atomic mass is 35.5. The van der Waals surface area contributed by atoms with E-state index < -0.39 is 24.3 Å². The van der Waals surface area contributed by atoms with E-state index in [0.29, 0.717) is 5.02 Å². The molecule has 0 spiro atoms. The fourth-order valence-electron chi connectivity index (χ4n) is 2.14. The van der Waals surface area contributed by atoms with Crippen molar-refractivity contribution >= 4 is 29.0 Å². The fourth-order valence-corrected chi connectivity index (χ4v) is 2.49. The molecule has 0 aliphatic carbocycles. The molecule has 0 aliphatic heterocycles. The van der Waals surface area contributed by atoms with Crippen molar-refractivity contribution in [3.05, 3.63) is 69.7 Å². The van der Waals surface area contributed by atoms with Gasteiger partial charge in [0, 0.05) is 10.6 Å². The van der Waals surface area contributed by atoms with E-state index in [1.165, 1.54) is 36.4 Å². The number of alkyl halides is 3. The Labute approximate surface area is 135 Å². The third-order valence-electron chi connectivity index (χ3n) is 3.16. The van der Waals surface area contributed by atoms with Crippen LogP contribution >= 0.6 is 23.2 Å². The van der Waals surface area contributed by atoms with Gasteiger partial charge in [0.15, 0.2) is 5.78 Å². The molecule has 0 saturated heterocycles. The second-order valence-electron chi connectivity index (χ2n) is 4.77. The van der Waals surface area contributed by atoms with Gasteiger partial charge in [-0.3, -0.25) is 4.79 Å². The number of rotatable bonds is 4. The van der Waals surface area contributed by atoms with Crippen molar-refractivity contribution in [1.82, 2.24) is 0 Å². The van der Waals surface area contributed by atoms with E-state index >= 15 is 0 Å². The average molecular weight is 347 g/mol. The van der Waals surface area contributed by atoms with Gasteiger partial charge in [-0.1, -0.05) is 47.5 Å². The molecule has 0 unspecified atom stereocenters. The number of Topliss-reactive ketones (excluding diaryl/α,β-unsaturated/α-hetero) is 1. The molecule has 0 heterocycles. The maximum atomic E-state index is 12.8. The third kappa shape index (κ3) is 4.24. The Morgan fingerprint density at radius 3 is 2.14 bits per heavy atom. The van der Waals surface area contributed by atoms with Gasteiger partial charge in [0.1, 0.15) is 0 Å². The number of carbonyl (C=O) groups excluding carboxylic acids is 1. The molecule has 0 aromatic heterocycles. The molecule has 0 saturated carbocycles. The van der Waals surface area contributed by atoms with Crippen molar-refractivity contribution < 1.29 is 18.0 Å². The van der Waals surface area contributed by atoms with E-state index in [-0.39, 0.29) is 16.1 Å². The van der Waals surface area contributed by atoms with Crippen LogP contribution in [0.5, 0.6) is 0 Å². The van der Waals surface area contributed by atoms with E-state index in [0.717, 1.165) is 0 Å². The highest BCUT2D eigenvalue weighted by Crippen LogP contribution is 2.35. The molecule has 1 atom stereocenters. The molecule has 2 aromatic rings. The summed E-state index contributed by atoms with van der Waals surface area (Å²) in [7, 11) is 0. The maximum Gasteiger partial charge on any atom is 0.390 e. The zero-order valence-corrected chi connectivity index (χ0v) is 12.7. The Morgan fingerprint density at radius 2 is 1.59 bits per heavy atom. The maximum absolute atomic E-state index is 12.8. The van der Waals surface area contributed by atoms with Gasteiger partial charge in [0.25, 0.3) is 0 Å². The predicted octanol–water partition coefficient (Wildman–Crippen LogP) is 5.91. The van der Waals surface area contributed by atoms with E-state index in [4.69, 9.17) is 23.2 Å². The lowest BCUT2D eigenvalue weighted by molar-refractivity contribution is -0.136. The van der Waals surface area contributed by atoms with Crippen molar-refractivity contribution in [3.63, 3.8) is 0 Å². The van der Waals surface area contributed by atoms with Gasteiger partial charge in [0.05, 0.1) is 17.4 Å². The molecular weight excluding hydrogens is 336 g/mol. The van der Waals surface area contributed by atoms with Crippen molar-refractivity contribution in [2.24, 2.45) is 0 Å². The van der Waals surface area contributed by atoms with Crippen LogP contribution < -0.4 is 0 Å². The molecule has 0 aliphatic rings. The van der Waals surface area contributed by atoms with Gasteiger partial charge in [-0.25, -0.2) is 0 Å². The molecule has 0 amide bonds. The molecule has 0 fully saturated rings. The van der Waals surface area contributed by atoms with Crippen molar-refractivity contribution in [1.29, 1.82) is 0 Å². The first kappa shape index (κ1) is 16.8. The first-order chi connectivity index (χ1) is 10.3. The molecule has 2 rings (SSSR count). The summed E-state index contributed by atoms with van der Waals surface area (Å²) in [5.41, 5.74) is 0.333. The van der Waals surface area contributed by atoms with Crippen LogP contribution in [0.2, 0.25) is 10.0 Å². The second kappa shape index (κ2) is 6.71. The summed E-state index contributed by atoms with van der Waals surface area (Å²) in [5, 5.41) is 0.522. The van der Waals surface area contributed by atoms with Crippen LogP contribution in [0.25, 0.3) is 0 Å². The van der Waals surface area contributed by atoms with Crippen molar-refractivity contribution in [2.75, 3.05) is 0 Å². The molecule has 0 radical (unpaired) electrons. The summed E-state index contributed by atoms with van der Waals surface area (Å²) in [4.78, 5) is 12.5. The lowest BCUT2D eigenvalue weighted by Crippen LogP contribution is -2.21. The molecule has 22 heavy (non-hydrogen) atoms. The second-order valence-corrected chi connectivity index (χ2v) is 5.61. The number of carbonyl (C=O) groups is 1. The van der Waals surface area contributed by atoms with E-state index in [1.807, 2.05) is 0 Å². The number of hydrogen-bond donors (Lipinski definition) is 0. The topological polar surface area (TPSA) is 17.1 Å². The Bertz CT molecular complexity index is 666. The highest BCUT2D eigenvalue weighted by molar-refractivity contribution is 6.34. The van der Waals surface area contributed by atoms with Gasteiger partial charge < -0.3 is 0 Å². The molecule has 0 bridgehead atoms. The van der Waals surface area contributed by atoms with E-state index in [2.05, 4.69) is 0 Å². The zero-order valence-electron chi connectivity index (χ0n) is 11.2. The smallest absolute Gasteiger partial charge is 0.293 e. The summed E-state index contributed by atoms with van der Waals surface area (Å²) >= 11 is 11.7. The van der Waals surface area contributed by atoms with Gasteiger partial charge >= 0.3 is 6.18 Å². The van der Waals surface area contributed by atoms with Crippen LogP contribution in [-0.4, -0.2) is 12.0 Å². The quantitative estimate of drug-likeness (QED) is 0.628. The minimum atomic E-state index is -4.47. The number of halogens is 5. The first-order valence-corrected chi connectivity index (χ1v) is 7.14. The van der Waals surface area contributed by atoms with Gasteiger partial charge in [-0.05, 0) is 29.8 Å². The normalized spacial score (nSPS) is 13.0. The number of hydrogen-bond acceptors (Lipinski definition) is 1. The van der Waals surface area contributed by atoms with Crippen LogP contribution in [0.4, 0.5) is 13.2 Å². The van der Waals surface area contributed by atoms with Crippen LogP contribution in [0, 0.1) is 0 Å². The van der Waals surface area contributed by atoms with E-state index in [1.54, 1.807) is 12.1 Å². The summed E-state index contributed by atoms with van der Waals surface area (Å²) in [6, 6.07) is 11.8. The number of ketones is 1. The Morgan fingerprint density at radius 1 is 1.00 bits per heavy atom. The van der Waals surface area contributed by atoms with Gasteiger partial charge in [-0.2, -0.15) is 13.2 Å². The first-order valence-electron chi connectivity index (χ1n) is 6.39. The standard InChI is InChI=1S/C16H11Cl2F3O/c17-11-7-5-10(6-8-11)13(9-16(19,20)21)15(22)12-3-1-2-4-14(12)18/h1-8,13H,9H2/t13-/m1/s1. The monoisotopic (exact) mass is 346 g/mol. The van der Waals surface area contributed by atoms with Crippen LogP contribution in [0.15, 0.2) is 48.5 Å². The zero-order chi connectivity index (χ0) is 16.3. The van der Waals surface area contributed by atoms with Crippen molar-refractivity contribution in [2.45, 2.75) is 18.5 Å². The molecule has 116 valence electrons. The molecule has 0 N–H and O–H groups in total. The Kier molecular flexibility index (Phi) is 5.14. The minimum absolute atomic E-state index is 0.0772. The lowest BCUT2D eigenvalue weighted by Gasteiger charge is -2.19. The summed E-state index contributed by atoms with van der Waals surface area (Å²) < 4.78 is 38.5. The van der Waals surface area contributed by atoms with Crippen LogP contribution in [0.1, 0.15) is 28.3 Å². The molecule has 6 heteroatoms. The SMILES string of the molecule is O=C(c1ccccc1Cl)[C@H](CC(F)(F)F)c1ccc(Cl)cc1. The lowest BCUT2D eigenvalue weighted by atomic mass is 9.88. The summed E-state index contributed by atoms with van der Waals surface area (Å²) in [6.45, 7) is 0. The summed E-state index contributed by atoms with van der Waals surface area (Å²) in [5.74, 6) is -2.01. The van der Waals surface area contributed by atoms with Crippen LogP contribution in [0.3, 0.4) is 0 Å². The molecular formula is C16H11Cl2F3O. The summed E-state index contributed by atoms with van der Waals surface area (Å²) in [6.07, 6.45) is -5.72. The molecule has 2 aromatic carbocycles. The predicted molar refractivity (Wildman–Crippen MR) is 80.6 cm³/mol. The Hall–Kier alpha value is -1.52. The third-order valence-corrected chi connectivity index (χ3v) is 3.75. The largest absolute Gasteiger partial charge is 0.390 e. The van der Waals surface area contributed by atoms with Gasteiger partial charge in [-0.15, -0.1) is 0 Å². The van der Waals surface area contributed by atoms with Gasteiger partial charge in [0.2, 0.25) is 0 Å². The van der Waals surface area contributed by atoms with E-state index in [9.17, 15) is 18.0 Å². The Balaban J connectivity index is 2.42. The molecule has 1 nitrogen and oxygen atoms in total. The van der Waals surface area contributed by atoms with Crippen molar-refractivity contribution in [3.8, 4) is 0 Å². The van der Waals surface area contributed by atoms with Crippen LogP contribution in [-0.2, 0) is 0 Å². The average Bonchev–Trinajstić information content (AvgIpc) is 2.45.